The van der Waals surface area contributed by atoms with Crippen molar-refractivity contribution < 1.29 is 17.7 Å². The molecule has 0 radical (unpaired) electrons. The first-order chi connectivity index (χ1) is 16.7. The second kappa shape index (κ2) is 11.0. The van der Waals surface area contributed by atoms with Crippen LogP contribution in [0.4, 0.5) is 0 Å². The number of aromatic nitrogens is 2. The van der Waals surface area contributed by atoms with E-state index in [1.54, 1.807) is 24.3 Å². The monoisotopic (exact) mass is 560 g/mol. The van der Waals surface area contributed by atoms with E-state index >= 15 is 0 Å². The molecular weight excluding hydrogens is 532 g/mol. The van der Waals surface area contributed by atoms with Crippen molar-refractivity contribution in [2.24, 2.45) is 5.92 Å². The fraction of sp³-hybridized carbons (Fsp3) is 0.400. The van der Waals surface area contributed by atoms with Crippen molar-refractivity contribution in [3.63, 3.8) is 0 Å². The molecule has 35 heavy (non-hydrogen) atoms. The zero-order valence-corrected chi connectivity index (χ0v) is 22.2. The van der Waals surface area contributed by atoms with Crippen LogP contribution in [0, 0.1) is 5.92 Å². The summed E-state index contributed by atoms with van der Waals surface area (Å²) in [6.07, 6.45) is 3.42. The number of nitrogens with one attached hydrogen (secondary N) is 1. The number of benzene rings is 2. The van der Waals surface area contributed by atoms with Crippen molar-refractivity contribution in [2.45, 2.75) is 43.7 Å². The van der Waals surface area contributed by atoms with E-state index in [9.17, 15) is 13.2 Å². The number of sulfone groups is 1. The minimum absolute atomic E-state index is 0.0407. The van der Waals surface area contributed by atoms with Gasteiger partial charge in [0.25, 0.3) is 0 Å². The topological polar surface area (TPSA) is 105 Å². The van der Waals surface area contributed by atoms with E-state index in [0.717, 1.165) is 48.0 Å². The Labute approximate surface area is 214 Å². The number of rotatable bonds is 8. The van der Waals surface area contributed by atoms with Crippen LogP contribution in [0.15, 0.2) is 62.4 Å². The predicted molar refractivity (Wildman–Crippen MR) is 136 cm³/mol. The lowest BCUT2D eigenvalue weighted by molar-refractivity contribution is -0.127. The molecule has 2 heterocycles. The van der Waals surface area contributed by atoms with E-state index in [4.69, 9.17) is 4.52 Å². The van der Waals surface area contributed by atoms with Gasteiger partial charge in [0.2, 0.25) is 17.6 Å². The SMILES string of the molecule is CCC(NC(=O)C1CCN(Cc2nc(-c3ccc(Br)cc3)no2)CC1)c1ccc(S(C)(=O)=O)cc1. The van der Waals surface area contributed by atoms with Crippen LogP contribution in [-0.2, 0) is 21.2 Å². The summed E-state index contributed by atoms with van der Waals surface area (Å²) in [4.78, 5) is 20.0. The van der Waals surface area contributed by atoms with E-state index < -0.39 is 9.84 Å². The smallest absolute Gasteiger partial charge is 0.241 e. The Morgan fingerprint density at radius 1 is 1.14 bits per heavy atom. The minimum Gasteiger partial charge on any atom is -0.349 e. The van der Waals surface area contributed by atoms with Crippen LogP contribution in [-0.4, -0.2) is 48.7 Å². The van der Waals surface area contributed by atoms with Gasteiger partial charge in [-0.3, -0.25) is 9.69 Å². The van der Waals surface area contributed by atoms with Gasteiger partial charge in [-0.1, -0.05) is 40.1 Å². The van der Waals surface area contributed by atoms with E-state index in [0.29, 0.717) is 18.3 Å². The lowest BCUT2D eigenvalue weighted by Crippen LogP contribution is -2.41. The van der Waals surface area contributed by atoms with E-state index in [1.165, 1.54) is 6.26 Å². The van der Waals surface area contributed by atoms with Crippen molar-refractivity contribution in [3.8, 4) is 11.4 Å². The highest BCUT2D eigenvalue weighted by Crippen LogP contribution is 2.24. The van der Waals surface area contributed by atoms with Gasteiger partial charge in [0.1, 0.15) is 0 Å². The quantitative estimate of drug-likeness (QED) is 0.435. The Morgan fingerprint density at radius 2 is 1.80 bits per heavy atom. The molecule has 0 aliphatic carbocycles. The maximum absolute atomic E-state index is 12.9. The lowest BCUT2D eigenvalue weighted by atomic mass is 9.94. The summed E-state index contributed by atoms with van der Waals surface area (Å²) in [5.41, 5.74) is 1.80. The summed E-state index contributed by atoms with van der Waals surface area (Å²) in [6, 6.07) is 14.4. The molecule has 1 aliphatic rings. The Balaban J connectivity index is 1.29. The molecule has 2 aromatic carbocycles. The molecule has 1 aromatic heterocycles. The molecule has 0 bridgehead atoms. The number of hydrogen-bond acceptors (Lipinski definition) is 7. The predicted octanol–water partition coefficient (Wildman–Crippen LogP) is 4.38. The first-order valence-electron chi connectivity index (χ1n) is 11.6. The highest BCUT2D eigenvalue weighted by molar-refractivity contribution is 9.10. The van der Waals surface area contributed by atoms with Gasteiger partial charge in [0.15, 0.2) is 9.84 Å². The van der Waals surface area contributed by atoms with Crippen molar-refractivity contribution in [2.75, 3.05) is 19.3 Å². The van der Waals surface area contributed by atoms with Gasteiger partial charge in [-0.25, -0.2) is 8.42 Å². The molecule has 4 rings (SSSR count). The largest absolute Gasteiger partial charge is 0.349 e. The summed E-state index contributed by atoms with van der Waals surface area (Å²) in [5, 5.41) is 7.24. The first kappa shape index (κ1) is 25.5. The van der Waals surface area contributed by atoms with Crippen LogP contribution >= 0.6 is 15.9 Å². The number of carbonyl (C=O) groups excluding carboxylic acids is 1. The molecule has 1 saturated heterocycles. The van der Waals surface area contributed by atoms with Crippen LogP contribution in [0.5, 0.6) is 0 Å². The molecule has 1 N–H and O–H groups in total. The molecule has 0 spiro atoms. The summed E-state index contributed by atoms with van der Waals surface area (Å²) < 4.78 is 29.8. The third-order valence-electron chi connectivity index (χ3n) is 6.32. The third kappa shape index (κ3) is 6.56. The van der Waals surface area contributed by atoms with Crippen molar-refractivity contribution in [3.05, 3.63) is 64.5 Å². The minimum atomic E-state index is -3.24. The molecule has 1 fully saturated rings. The molecule has 10 heteroatoms. The van der Waals surface area contributed by atoms with Crippen LogP contribution in [0.3, 0.4) is 0 Å². The van der Waals surface area contributed by atoms with Crippen LogP contribution in [0.25, 0.3) is 11.4 Å². The van der Waals surface area contributed by atoms with E-state index in [2.05, 4.69) is 36.3 Å². The second-order valence-corrected chi connectivity index (χ2v) is 11.8. The zero-order valence-electron chi connectivity index (χ0n) is 19.8. The highest BCUT2D eigenvalue weighted by atomic mass is 79.9. The van der Waals surface area contributed by atoms with Crippen LogP contribution < -0.4 is 5.32 Å². The van der Waals surface area contributed by atoms with Crippen LogP contribution in [0.1, 0.15) is 43.7 Å². The Bertz CT molecular complexity index is 1250. The molecule has 1 unspecified atom stereocenters. The molecule has 1 aliphatic heterocycles. The Morgan fingerprint density at radius 3 is 2.40 bits per heavy atom. The second-order valence-electron chi connectivity index (χ2n) is 8.88. The third-order valence-corrected chi connectivity index (χ3v) is 7.98. The van der Waals surface area contributed by atoms with Gasteiger partial charge in [0.05, 0.1) is 17.5 Å². The Hall–Kier alpha value is -2.56. The first-order valence-corrected chi connectivity index (χ1v) is 14.3. The van der Waals surface area contributed by atoms with Gasteiger partial charge in [-0.05, 0) is 74.3 Å². The number of piperidine rings is 1. The summed E-state index contributed by atoms with van der Waals surface area (Å²) >= 11 is 3.42. The molecule has 1 atom stereocenters. The number of carbonyl (C=O) groups is 1. The number of nitrogens with zero attached hydrogens (tertiary/aromatic N) is 3. The number of hydrogen-bond donors (Lipinski definition) is 1. The highest BCUT2D eigenvalue weighted by Gasteiger charge is 2.27. The number of halogens is 1. The fourth-order valence-corrected chi connectivity index (χ4v) is 5.13. The summed E-state index contributed by atoms with van der Waals surface area (Å²) in [5.74, 6) is 1.11. The van der Waals surface area contributed by atoms with Crippen molar-refractivity contribution >= 4 is 31.7 Å². The van der Waals surface area contributed by atoms with Crippen molar-refractivity contribution in [1.29, 1.82) is 0 Å². The fourth-order valence-electron chi connectivity index (χ4n) is 4.24. The lowest BCUT2D eigenvalue weighted by Gasteiger charge is -2.31. The molecule has 8 nitrogen and oxygen atoms in total. The van der Waals surface area contributed by atoms with Gasteiger partial charge in [0, 0.05) is 22.2 Å². The molecule has 186 valence electrons. The van der Waals surface area contributed by atoms with Gasteiger partial charge < -0.3 is 9.84 Å². The number of likely N-dealkylation sites (tertiary alicyclic amines) is 1. The average Bonchev–Trinajstić information content (AvgIpc) is 3.31. The standard InChI is InChI=1S/C25H29BrN4O4S/c1-3-22(17-6-10-21(11-7-17)35(2,32)33)27-25(31)19-12-14-30(15-13-19)16-23-28-24(29-34-23)18-4-8-20(26)9-5-18/h4-11,19,22H,3,12-16H2,1-2H3,(H,27,31). The normalized spacial score (nSPS) is 16.2. The summed E-state index contributed by atoms with van der Waals surface area (Å²) in [6.45, 7) is 4.11. The van der Waals surface area contributed by atoms with Gasteiger partial charge >= 0.3 is 0 Å². The molecule has 0 saturated carbocycles. The van der Waals surface area contributed by atoms with Gasteiger partial charge in [-0.2, -0.15) is 4.98 Å². The summed E-state index contributed by atoms with van der Waals surface area (Å²) in [7, 11) is -3.24. The van der Waals surface area contributed by atoms with E-state index in [1.807, 2.05) is 31.2 Å². The number of amides is 1. The van der Waals surface area contributed by atoms with Crippen molar-refractivity contribution in [1.82, 2.24) is 20.4 Å². The van der Waals surface area contributed by atoms with Gasteiger partial charge in [-0.15, -0.1) is 0 Å². The molecule has 1 amide bonds. The Kier molecular flexibility index (Phi) is 8.03. The maximum Gasteiger partial charge on any atom is 0.241 e. The molecular formula is C25H29BrN4O4S. The van der Waals surface area contributed by atoms with Crippen LogP contribution in [0.2, 0.25) is 0 Å². The maximum atomic E-state index is 12.9. The zero-order chi connectivity index (χ0) is 25.0. The average molecular weight is 562 g/mol. The van der Waals surface area contributed by atoms with E-state index in [-0.39, 0.29) is 22.8 Å². The molecule has 3 aromatic rings.